The first-order chi connectivity index (χ1) is 9.71. The van der Waals surface area contributed by atoms with Gasteiger partial charge in [-0.2, -0.15) is 9.97 Å². The van der Waals surface area contributed by atoms with E-state index in [0.717, 1.165) is 12.0 Å². The molecule has 0 bridgehead atoms. The van der Waals surface area contributed by atoms with Crippen LogP contribution in [0.4, 0.5) is 5.95 Å². The molecule has 1 aromatic heterocycles. The molecule has 0 spiro atoms. The zero-order valence-electron chi connectivity index (χ0n) is 11.9. The number of ether oxygens (including phenoxy) is 2. The highest BCUT2D eigenvalue weighted by molar-refractivity contribution is 5.32. The van der Waals surface area contributed by atoms with Crippen molar-refractivity contribution >= 4 is 5.95 Å². The third-order valence-electron chi connectivity index (χ3n) is 2.45. The van der Waals surface area contributed by atoms with Crippen molar-refractivity contribution in [1.82, 2.24) is 15.0 Å². The van der Waals surface area contributed by atoms with Crippen LogP contribution in [0.25, 0.3) is 0 Å². The average Bonchev–Trinajstić information content (AvgIpc) is 2.45. The Hall–Kier alpha value is -2.37. The van der Waals surface area contributed by atoms with Crippen molar-refractivity contribution in [3.8, 4) is 17.8 Å². The van der Waals surface area contributed by atoms with Crippen LogP contribution in [0.15, 0.2) is 24.3 Å². The van der Waals surface area contributed by atoms with Crippen molar-refractivity contribution in [3.05, 3.63) is 29.8 Å². The Labute approximate surface area is 118 Å². The molecule has 1 heterocycles. The molecule has 0 saturated heterocycles. The Morgan fingerprint density at radius 3 is 2.65 bits per heavy atom. The molecule has 0 fully saturated rings. The van der Waals surface area contributed by atoms with E-state index in [2.05, 4.69) is 20.3 Å². The minimum Gasteiger partial charge on any atom is -0.463 e. The second-order valence-electron chi connectivity index (χ2n) is 4.24. The van der Waals surface area contributed by atoms with Gasteiger partial charge in [-0.1, -0.05) is 19.1 Å². The highest BCUT2D eigenvalue weighted by atomic mass is 16.5. The molecule has 6 heteroatoms. The van der Waals surface area contributed by atoms with Gasteiger partial charge in [0.05, 0.1) is 6.61 Å². The van der Waals surface area contributed by atoms with Gasteiger partial charge < -0.3 is 14.8 Å². The monoisotopic (exact) mass is 274 g/mol. The van der Waals surface area contributed by atoms with E-state index in [1.54, 1.807) is 7.05 Å². The summed E-state index contributed by atoms with van der Waals surface area (Å²) in [4.78, 5) is 12.4. The normalized spacial score (nSPS) is 10.2. The molecule has 6 nitrogen and oxygen atoms in total. The fraction of sp³-hybridized carbons (Fsp3) is 0.357. The molecule has 0 aliphatic rings. The number of benzene rings is 1. The lowest BCUT2D eigenvalue weighted by Gasteiger charge is -2.08. The van der Waals surface area contributed by atoms with Gasteiger partial charge >= 0.3 is 12.0 Å². The Balaban J connectivity index is 2.21. The van der Waals surface area contributed by atoms with Gasteiger partial charge in [0.15, 0.2) is 0 Å². The van der Waals surface area contributed by atoms with E-state index in [0.29, 0.717) is 18.3 Å². The van der Waals surface area contributed by atoms with Crippen LogP contribution in [0.2, 0.25) is 0 Å². The molecule has 0 aliphatic carbocycles. The number of nitrogens with one attached hydrogen (secondary N) is 1. The summed E-state index contributed by atoms with van der Waals surface area (Å²) in [7, 11) is 1.73. The fourth-order valence-corrected chi connectivity index (χ4v) is 1.54. The molecule has 2 aromatic rings. The second-order valence-corrected chi connectivity index (χ2v) is 4.24. The van der Waals surface area contributed by atoms with Crippen LogP contribution in [0.3, 0.4) is 0 Å². The summed E-state index contributed by atoms with van der Waals surface area (Å²) in [6.45, 7) is 4.57. The summed E-state index contributed by atoms with van der Waals surface area (Å²) >= 11 is 0. The van der Waals surface area contributed by atoms with Gasteiger partial charge in [-0.05, 0) is 31.0 Å². The predicted molar refractivity (Wildman–Crippen MR) is 76.4 cm³/mol. The topological polar surface area (TPSA) is 69.2 Å². The molecular weight excluding hydrogens is 256 g/mol. The van der Waals surface area contributed by atoms with Gasteiger partial charge in [-0.3, -0.25) is 0 Å². The van der Waals surface area contributed by atoms with Gasteiger partial charge in [0.25, 0.3) is 0 Å². The molecule has 20 heavy (non-hydrogen) atoms. The van der Waals surface area contributed by atoms with Crippen molar-refractivity contribution in [2.24, 2.45) is 0 Å². The van der Waals surface area contributed by atoms with Crippen LogP contribution < -0.4 is 14.8 Å². The molecule has 0 radical (unpaired) electrons. The van der Waals surface area contributed by atoms with E-state index in [1.165, 1.54) is 0 Å². The van der Waals surface area contributed by atoms with Crippen molar-refractivity contribution in [2.75, 3.05) is 19.0 Å². The molecule has 1 N–H and O–H groups in total. The van der Waals surface area contributed by atoms with Crippen LogP contribution >= 0.6 is 0 Å². The molecular formula is C14H18N4O2. The lowest BCUT2D eigenvalue weighted by atomic mass is 10.2. The fourth-order valence-electron chi connectivity index (χ4n) is 1.54. The number of rotatable bonds is 6. The van der Waals surface area contributed by atoms with Gasteiger partial charge in [-0.25, -0.2) is 0 Å². The van der Waals surface area contributed by atoms with Crippen LogP contribution in [0, 0.1) is 6.92 Å². The van der Waals surface area contributed by atoms with Crippen LogP contribution in [0.5, 0.6) is 17.8 Å². The van der Waals surface area contributed by atoms with E-state index in [4.69, 9.17) is 9.47 Å². The zero-order valence-corrected chi connectivity index (χ0v) is 11.9. The van der Waals surface area contributed by atoms with E-state index in [9.17, 15) is 0 Å². The maximum atomic E-state index is 5.64. The highest BCUT2D eigenvalue weighted by Gasteiger charge is 2.08. The molecule has 0 saturated carbocycles. The summed E-state index contributed by atoms with van der Waals surface area (Å²) < 4.78 is 11.1. The molecule has 106 valence electrons. The number of nitrogens with zero attached hydrogens (tertiary/aromatic N) is 3. The third-order valence-corrected chi connectivity index (χ3v) is 2.45. The number of hydrogen-bond donors (Lipinski definition) is 1. The summed E-state index contributed by atoms with van der Waals surface area (Å²) in [5.41, 5.74) is 1.10. The Morgan fingerprint density at radius 1 is 1.15 bits per heavy atom. The van der Waals surface area contributed by atoms with Crippen molar-refractivity contribution < 1.29 is 9.47 Å². The molecule has 0 aliphatic heterocycles. The minimum absolute atomic E-state index is 0.209. The largest absolute Gasteiger partial charge is 0.463 e. The van der Waals surface area contributed by atoms with Crippen molar-refractivity contribution in [1.29, 1.82) is 0 Å². The van der Waals surface area contributed by atoms with E-state index >= 15 is 0 Å². The maximum absolute atomic E-state index is 5.64. The lowest BCUT2D eigenvalue weighted by molar-refractivity contribution is 0.285. The Bertz CT molecular complexity index is 575. The lowest BCUT2D eigenvalue weighted by Crippen LogP contribution is -2.06. The van der Waals surface area contributed by atoms with Gasteiger partial charge in [-0.15, -0.1) is 4.98 Å². The van der Waals surface area contributed by atoms with Crippen molar-refractivity contribution in [3.63, 3.8) is 0 Å². The first-order valence-electron chi connectivity index (χ1n) is 6.52. The minimum atomic E-state index is 0.209. The summed E-state index contributed by atoms with van der Waals surface area (Å²) in [5.74, 6) is 1.09. The van der Waals surface area contributed by atoms with E-state index in [-0.39, 0.29) is 12.0 Å². The standard InChI is InChI=1S/C14H18N4O2/c1-4-8-19-13-16-12(15-3)17-14(18-13)20-11-7-5-6-10(2)9-11/h5-7,9H,4,8H2,1-3H3,(H,15,16,17,18). The van der Waals surface area contributed by atoms with E-state index < -0.39 is 0 Å². The molecule has 0 atom stereocenters. The van der Waals surface area contributed by atoms with Crippen LogP contribution in [0.1, 0.15) is 18.9 Å². The molecule has 1 aromatic carbocycles. The van der Waals surface area contributed by atoms with Gasteiger partial charge in [0, 0.05) is 7.05 Å². The zero-order chi connectivity index (χ0) is 14.4. The highest BCUT2D eigenvalue weighted by Crippen LogP contribution is 2.21. The smallest absolute Gasteiger partial charge is 0.330 e. The first kappa shape index (κ1) is 14.0. The number of aryl methyl sites for hydroxylation is 1. The summed E-state index contributed by atoms with van der Waals surface area (Å²) in [5, 5.41) is 2.86. The van der Waals surface area contributed by atoms with Gasteiger partial charge in [0.2, 0.25) is 5.95 Å². The predicted octanol–water partition coefficient (Wildman–Crippen LogP) is 2.80. The second kappa shape index (κ2) is 6.70. The Morgan fingerprint density at radius 2 is 1.95 bits per heavy atom. The maximum Gasteiger partial charge on any atom is 0.330 e. The Kier molecular flexibility index (Phi) is 4.70. The first-order valence-corrected chi connectivity index (χ1v) is 6.52. The number of hydrogen-bond acceptors (Lipinski definition) is 6. The molecule has 2 rings (SSSR count). The summed E-state index contributed by atoms with van der Waals surface area (Å²) in [6.07, 6.45) is 0.884. The summed E-state index contributed by atoms with van der Waals surface area (Å²) in [6, 6.07) is 8.14. The molecule has 0 amide bonds. The third kappa shape index (κ3) is 3.81. The van der Waals surface area contributed by atoms with Gasteiger partial charge in [0.1, 0.15) is 5.75 Å². The number of aromatic nitrogens is 3. The molecule has 0 unspecified atom stereocenters. The number of anilines is 1. The van der Waals surface area contributed by atoms with Crippen LogP contribution in [-0.2, 0) is 0 Å². The van der Waals surface area contributed by atoms with Crippen LogP contribution in [-0.4, -0.2) is 28.6 Å². The quantitative estimate of drug-likeness (QED) is 0.873. The average molecular weight is 274 g/mol. The SMILES string of the molecule is CCCOc1nc(NC)nc(Oc2cccc(C)c2)n1. The van der Waals surface area contributed by atoms with E-state index in [1.807, 2.05) is 38.1 Å². The van der Waals surface area contributed by atoms with Crippen molar-refractivity contribution in [2.45, 2.75) is 20.3 Å².